The fourth-order valence-corrected chi connectivity index (χ4v) is 6.07. The van der Waals surface area contributed by atoms with Crippen LogP contribution in [0.15, 0.2) is 88.6 Å². The molecule has 0 radical (unpaired) electrons. The standard InChI is InChI=1S/C29H28N2O4S/c1-17-25(29(33)31-19-9-5-4-6-10-19)26(20-11-7-12-23(34-2)28(20)35-3)27-21(30-17)15-18(16-22(27)32)24-13-8-14-36-24/h4-14,18,26,30H,15-16H2,1-3H3,(H,31,33)/t18-,26+/m0/s1. The Morgan fingerprint density at radius 3 is 2.50 bits per heavy atom. The third-order valence-electron chi connectivity index (χ3n) is 6.79. The summed E-state index contributed by atoms with van der Waals surface area (Å²) in [6.07, 6.45) is 1.10. The summed E-state index contributed by atoms with van der Waals surface area (Å²) in [6.45, 7) is 1.89. The van der Waals surface area contributed by atoms with Gasteiger partial charge in [0.05, 0.1) is 20.1 Å². The van der Waals surface area contributed by atoms with E-state index >= 15 is 0 Å². The van der Waals surface area contributed by atoms with Crippen LogP contribution in [0.5, 0.6) is 11.5 Å². The minimum atomic E-state index is -0.591. The second-order valence-corrected chi connectivity index (χ2v) is 9.91. The molecule has 5 rings (SSSR count). The molecule has 0 saturated heterocycles. The number of benzene rings is 2. The van der Waals surface area contributed by atoms with Gasteiger partial charge in [0.25, 0.3) is 5.91 Å². The number of dihydropyridines is 1. The predicted molar refractivity (Wildman–Crippen MR) is 142 cm³/mol. The van der Waals surface area contributed by atoms with Crippen molar-refractivity contribution >= 4 is 28.7 Å². The van der Waals surface area contributed by atoms with Crippen molar-refractivity contribution in [2.75, 3.05) is 19.5 Å². The molecule has 36 heavy (non-hydrogen) atoms. The third kappa shape index (κ3) is 4.31. The lowest BCUT2D eigenvalue weighted by atomic mass is 9.72. The van der Waals surface area contributed by atoms with Crippen LogP contribution in [0.4, 0.5) is 5.69 Å². The summed E-state index contributed by atoms with van der Waals surface area (Å²) in [4.78, 5) is 28.7. The van der Waals surface area contributed by atoms with Crippen molar-refractivity contribution in [3.05, 3.63) is 99.0 Å². The van der Waals surface area contributed by atoms with E-state index in [1.165, 1.54) is 4.88 Å². The lowest BCUT2D eigenvalue weighted by Gasteiger charge is -2.37. The zero-order valence-electron chi connectivity index (χ0n) is 20.5. The molecule has 1 aromatic heterocycles. The highest BCUT2D eigenvalue weighted by Gasteiger charge is 2.42. The second-order valence-electron chi connectivity index (χ2n) is 8.94. The molecule has 0 spiro atoms. The van der Waals surface area contributed by atoms with E-state index in [9.17, 15) is 9.59 Å². The number of rotatable bonds is 6. The number of hydrogen-bond donors (Lipinski definition) is 2. The SMILES string of the molecule is COc1cccc([C@@H]2C(C(=O)Nc3ccccc3)=C(C)NC3=C2C(=O)C[C@@H](c2cccs2)C3)c1OC. The number of nitrogens with one attached hydrogen (secondary N) is 2. The van der Waals surface area contributed by atoms with Crippen LogP contribution in [0.2, 0.25) is 0 Å². The Bertz CT molecular complexity index is 1360. The molecule has 1 aliphatic carbocycles. The first-order chi connectivity index (χ1) is 17.5. The molecule has 6 nitrogen and oxygen atoms in total. The minimum absolute atomic E-state index is 0.0366. The number of methoxy groups -OCH3 is 2. The van der Waals surface area contributed by atoms with E-state index in [-0.39, 0.29) is 17.6 Å². The van der Waals surface area contributed by atoms with Gasteiger partial charge in [-0.1, -0.05) is 36.4 Å². The second kappa shape index (κ2) is 10.0. The molecule has 2 aromatic carbocycles. The van der Waals surface area contributed by atoms with E-state index in [1.54, 1.807) is 25.6 Å². The summed E-state index contributed by atoms with van der Waals surface area (Å²) in [7, 11) is 3.16. The molecular weight excluding hydrogens is 472 g/mol. The number of carbonyl (C=O) groups excluding carboxylic acids is 2. The van der Waals surface area contributed by atoms with E-state index in [0.29, 0.717) is 41.2 Å². The molecule has 1 aliphatic heterocycles. The van der Waals surface area contributed by atoms with Gasteiger partial charge < -0.3 is 20.1 Å². The van der Waals surface area contributed by atoms with Crippen molar-refractivity contribution in [3.63, 3.8) is 0 Å². The molecular formula is C29H28N2O4S. The predicted octanol–water partition coefficient (Wildman–Crippen LogP) is 5.77. The molecule has 0 bridgehead atoms. The van der Waals surface area contributed by atoms with E-state index in [0.717, 1.165) is 17.0 Å². The van der Waals surface area contributed by atoms with Gasteiger partial charge >= 0.3 is 0 Å². The smallest absolute Gasteiger partial charge is 0.254 e. The highest BCUT2D eigenvalue weighted by Crippen LogP contribution is 2.49. The van der Waals surface area contributed by atoms with Crippen molar-refractivity contribution in [1.82, 2.24) is 5.32 Å². The molecule has 2 N–H and O–H groups in total. The number of thiophene rings is 1. The zero-order chi connectivity index (χ0) is 25.2. The summed E-state index contributed by atoms with van der Waals surface area (Å²) < 4.78 is 11.3. The van der Waals surface area contributed by atoms with Gasteiger partial charge in [-0.05, 0) is 43.0 Å². The van der Waals surface area contributed by atoms with Crippen LogP contribution in [0.3, 0.4) is 0 Å². The number of amides is 1. The number of para-hydroxylation sites is 2. The van der Waals surface area contributed by atoms with Crippen molar-refractivity contribution < 1.29 is 19.1 Å². The van der Waals surface area contributed by atoms with Gasteiger partial charge in [0.2, 0.25) is 0 Å². The van der Waals surface area contributed by atoms with Gasteiger partial charge in [0, 0.05) is 51.0 Å². The lowest BCUT2D eigenvalue weighted by molar-refractivity contribution is -0.116. The zero-order valence-corrected chi connectivity index (χ0v) is 21.3. The molecule has 1 amide bonds. The molecule has 0 fully saturated rings. The highest BCUT2D eigenvalue weighted by molar-refractivity contribution is 7.10. The quantitative estimate of drug-likeness (QED) is 0.450. The van der Waals surface area contributed by atoms with Gasteiger partial charge in [0.1, 0.15) is 0 Å². The average molecular weight is 501 g/mol. The van der Waals surface area contributed by atoms with Crippen LogP contribution in [-0.4, -0.2) is 25.9 Å². The van der Waals surface area contributed by atoms with Gasteiger partial charge in [0.15, 0.2) is 17.3 Å². The fraction of sp³-hybridized carbons (Fsp3) is 0.241. The minimum Gasteiger partial charge on any atom is -0.493 e. The largest absolute Gasteiger partial charge is 0.493 e. The molecule has 7 heteroatoms. The van der Waals surface area contributed by atoms with Crippen molar-refractivity contribution in [2.45, 2.75) is 31.6 Å². The van der Waals surface area contributed by atoms with Gasteiger partial charge in [-0.25, -0.2) is 0 Å². The lowest BCUT2D eigenvalue weighted by Crippen LogP contribution is -2.37. The van der Waals surface area contributed by atoms with Crippen molar-refractivity contribution in [2.24, 2.45) is 0 Å². The molecule has 2 aliphatic rings. The fourth-order valence-electron chi connectivity index (χ4n) is 5.24. The molecule has 0 saturated carbocycles. The van der Waals surface area contributed by atoms with E-state index in [1.807, 2.05) is 66.9 Å². The van der Waals surface area contributed by atoms with Crippen LogP contribution < -0.4 is 20.1 Å². The Morgan fingerprint density at radius 2 is 1.81 bits per heavy atom. The number of anilines is 1. The van der Waals surface area contributed by atoms with Crippen LogP contribution in [-0.2, 0) is 9.59 Å². The number of allylic oxidation sites excluding steroid dienone is 3. The number of Topliss-reactive ketones (excluding diaryl/α,β-unsaturated/α-hetero) is 1. The summed E-state index contributed by atoms with van der Waals surface area (Å²) >= 11 is 1.67. The topological polar surface area (TPSA) is 76.7 Å². The third-order valence-corrected chi connectivity index (χ3v) is 7.83. The summed E-state index contributed by atoms with van der Waals surface area (Å²) in [5.41, 5.74) is 4.12. The molecule has 0 unspecified atom stereocenters. The molecule has 2 heterocycles. The Morgan fingerprint density at radius 1 is 1.00 bits per heavy atom. The normalized spacial score (nSPS) is 19.5. The number of hydrogen-bond acceptors (Lipinski definition) is 6. The van der Waals surface area contributed by atoms with Gasteiger partial charge in [-0.15, -0.1) is 11.3 Å². The average Bonchev–Trinajstić information content (AvgIpc) is 3.43. The van der Waals surface area contributed by atoms with Crippen LogP contribution in [0.1, 0.15) is 42.0 Å². The highest BCUT2D eigenvalue weighted by atomic mass is 32.1. The Balaban J connectivity index is 1.64. The first-order valence-corrected chi connectivity index (χ1v) is 12.7. The van der Waals surface area contributed by atoms with Crippen molar-refractivity contribution in [1.29, 1.82) is 0 Å². The van der Waals surface area contributed by atoms with Crippen LogP contribution in [0.25, 0.3) is 0 Å². The summed E-state index contributed by atoms with van der Waals surface area (Å²) in [5, 5.41) is 8.48. The maximum Gasteiger partial charge on any atom is 0.254 e. The van der Waals surface area contributed by atoms with E-state index in [2.05, 4.69) is 16.7 Å². The molecule has 2 atom stereocenters. The first kappa shape index (κ1) is 23.9. The molecule has 3 aromatic rings. The Kier molecular flexibility index (Phi) is 6.65. The summed E-state index contributed by atoms with van der Waals surface area (Å²) in [6, 6.07) is 19.0. The van der Waals surface area contributed by atoms with E-state index < -0.39 is 5.92 Å². The number of carbonyl (C=O) groups is 2. The Hall–Kier alpha value is -3.84. The monoisotopic (exact) mass is 500 g/mol. The molecule has 184 valence electrons. The van der Waals surface area contributed by atoms with Crippen LogP contribution in [0, 0.1) is 0 Å². The maximum absolute atomic E-state index is 13.8. The maximum atomic E-state index is 13.8. The van der Waals surface area contributed by atoms with Crippen LogP contribution >= 0.6 is 11.3 Å². The number of ether oxygens (including phenoxy) is 2. The number of ketones is 1. The Labute approximate surface area is 214 Å². The van der Waals surface area contributed by atoms with Gasteiger partial charge in [-0.2, -0.15) is 0 Å². The summed E-state index contributed by atoms with van der Waals surface area (Å²) in [5.74, 6) is 0.367. The van der Waals surface area contributed by atoms with Gasteiger partial charge in [-0.3, -0.25) is 9.59 Å². The first-order valence-electron chi connectivity index (χ1n) is 11.9. The van der Waals surface area contributed by atoms with E-state index in [4.69, 9.17) is 9.47 Å². The van der Waals surface area contributed by atoms with Crippen molar-refractivity contribution in [3.8, 4) is 11.5 Å².